The number of amides is 1. The number of hydrogen-bond donors (Lipinski definition) is 2. The third kappa shape index (κ3) is 5.18. The number of carbonyl (C=O) groups excluding carboxylic acids is 1. The van der Waals surface area contributed by atoms with Crippen LogP contribution in [0.1, 0.15) is 12.5 Å². The van der Waals surface area contributed by atoms with Crippen molar-refractivity contribution in [3.8, 4) is 0 Å². The molecule has 0 aliphatic rings. The minimum Gasteiger partial charge on any atom is -0.480 e. The molecule has 0 radical (unpaired) electrons. The summed E-state index contributed by atoms with van der Waals surface area (Å²) in [5.41, 5.74) is 0.784. The highest BCUT2D eigenvalue weighted by Gasteiger charge is 2.17. The van der Waals surface area contributed by atoms with Gasteiger partial charge >= 0.3 is 5.97 Å². The van der Waals surface area contributed by atoms with Gasteiger partial charge < -0.3 is 10.4 Å². The Labute approximate surface area is 109 Å². The first-order chi connectivity index (χ1) is 8.49. The van der Waals surface area contributed by atoms with Crippen LogP contribution in [-0.4, -0.2) is 28.8 Å². The van der Waals surface area contributed by atoms with Gasteiger partial charge in [0.15, 0.2) is 0 Å². The lowest BCUT2D eigenvalue weighted by Crippen LogP contribution is -2.41. The highest BCUT2D eigenvalue weighted by Crippen LogP contribution is 2.14. The molecule has 0 aliphatic carbocycles. The van der Waals surface area contributed by atoms with Crippen LogP contribution in [0.5, 0.6) is 0 Å². The normalized spacial score (nSPS) is 11.9. The van der Waals surface area contributed by atoms with E-state index >= 15 is 0 Å². The lowest BCUT2D eigenvalue weighted by molar-refractivity contribution is -0.140. The van der Waals surface area contributed by atoms with Crippen molar-refractivity contribution >= 4 is 23.6 Å². The predicted octanol–water partition coefficient (Wildman–Crippen LogP) is 1.65. The van der Waals surface area contributed by atoms with E-state index in [1.54, 1.807) is 12.1 Å². The molecule has 1 rings (SSSR count). The number of nitrogens with one attached hydrogen (secondary N) is 1. The van der Waals surface area contributed by atoms with Crippen LogP contribution in [0.15, 0.2) is 24.3 Å². The van der Waals surface area contributed by atoms with Gasteiger partial charge in [0.25, 0.3) is 0 Å². The first-order valence-corrected chi connectivity index (χ1v) is 6.46. The van der Waals surface area contributed by atoms with Gasteiger partial charge in [0.2, 0.25) is 5.91 Å². The highest BCUT2D eigenvalue weighted by molar-refractivity contribution is 7.98. The molecule has 2 N–H and O–H groups in total. The summed E-state index contributed by atoms with van der Waals surface area (Å²) in [6.45, 7) is 1.27. The van der Waals surface area contributed by atoms with Crippen molar-refractivity contribution < 1.29 is 19.1 Å². The van der Waals surface area contributed by atoms with E-state index in [0.717, 1.165) is 5.56 Å². The van der Waals surface area contributed by atoms with E-state index in [2.05, 4.69) is 5.32 Å². The maximum Gasteiger partial charge on any atom is 0.327 e. The molecule has 0 bridgehead atoms. The Morgan fingerprint density at radius 2 is 2.22 bits per heavy atom. The summed E-state index contributed by atoms with van der Waals surface area (Å²) in [5, 5.41) is 11.2. The summed E-state index contributed by atoms with van der Waals surface area (Å²) < 4.78 is 12.9. The molecular formula is C12H14FNO3S. The minimum atomic E-state index is -1.07. The van der Waals surface area contributed by atoms with Crippen molar-refractivity contribution in [2.75, 3.05) is 5.75 Å². The molecule has 1 aromatic carbocycles. The van der Waals surface area contributed by atoms with E-state index in [9.17, 15) is 14.0 Å². The van der Waals surface area contributed by atoms with Crippen LogP contribution >= 0.6 is 11.8 Å². The fraction of sp³-hybridized carbons (Fsp3) is 0.333. The van der Waals surface area contributed by atoms with Crippen LogP contribution in [0.25, 0.3) is 0 Å². The number of hydrogen-bond acceptors (Lipinski definition) is 3. The molecule has 1 amide bonds. The summed E-state index contributed by atoms with van der Waals surface area (Å²) in [6, 6.07) is 5.21. The highest BCUT2D eigenvalue weighted by atomic mass is 32.2. The van der Waals surface area contributed by atoms with Crippen molar-refractivity contribution in [1.29, 1.82) is 0 Å². The standard InChI is InChI=1S/C12H14FNO3S/c1-8(15)14-11(12(16)17)7-18-6-9-3-2-4-10(13)5-9/h2-5,11H,6-7H2,1H3,(H,14,15)(H,16,17)/t11-/m0/s1. The zero-order valence-electron chi connectivity index (χ0n) is 9.85. The van der Waals surface area contributed by atoms with E-state index < -0.39 is 12.0 Å². The number of halogens is 1. The molecule has 98 valence electrons. The second-order valence-electron chi connectivity index (χ2n) is 3.74. The lowest BCUT2D eigenvalue weighted by atomic mass is 10.2. The van der Waals surface area contributed by atoms with Gasteiger partial charge in [-0.05, 0) is 17.7 Å². The van der Waals surface area contributed by atoms with Crippen LogP contribution < -0.4 is 5.32 Å². The Hall–Kier alpha value is -1.56. The van der Waals surface area contributed by atoms with Gasteiger partial charge in [0.1, 0.15) is 11.9 Å². The Balaban J connectivity index is 2.43. The summed E-state index contributed by atoms with van der Waals surface area (Å²) >= 11 is 1.33. The first kappa shape index (κ1) is 14.5. The van der Waals surface area contributed by atoms with E-state index in [4.69, 9.17) is 5.11 Å². The second kappa shape index (κ2) is 7.00. The van der Waals surface area contributed by atoms with Gasteiger partial charge in [0, 0.05) is 18.4 Å². The molecule has 0 unspecified atom stereocenters. The van der Waals surface area contributed by atoms with Crippen molar-refractivity contribution in [2.45, 2.75) is 18.7 Å². The molecule has 6 heteroatoms. The van der Waals surface area contributed by atoms with Gasteiger partial charge in [-0.2, -0.15) is 11.8 Å². The number of carboxylic acid groups (broad SMARTS) is 1. The first-order valence-electron chi connectivity index (χ1n) is 5.31. The number of carboxylic acids is 1. The fourth-order valence-electron chi connectivity index (χ4n) is 1.34. The van der Waals surface area contributed by atoms with Crippen LogP contribution in [0, 0.1) is 5.82 Å². The van der Waals surface area contributed by atoms with E-state index in [1.807, 2.05) is 0 Å². The monoisotopic (exact) mass is 271 g/mol. The summed E-state index contributed by atoms with van der Waals surface area (Å²) in [6.07, 6.45) is 0. The second-order valence-corrected chi connectivity index (χ2v) is 4.77. The maximum absolute atomic E-state index is 12.9. The zero-order valence-corrected chi connectivity index (χ0v) is 10.7. The number of thioether (sulfide) groups is 1. The van der Waals surface area contributed by atoms with Gasteiger partial charge in [-0.3, -0.25) is 4.79 Å². The third-order valence-corrected chi connectivity index (χ3v) is 3.22. The largest absolute Gasteiger partial charge is 0.480 e. The SMILES string of the molecule is CC(=O)N[C@@H](CSCc1cccc(F)c1)C(=O)O. The minimum absolute atomic E-state index is 0.241. The van der Waals surface area contributed by atoms with Gasteiger partial charge in [-0.1, -0.05) is 12.1 Å². The smallest absolute Gasteiger partial charge is 0.327 e. The number of aliphatic carboxylic acids is 1. The molecule has 0 aliphatic heterocycles. The van der Waals surface area contributed by atoms with Crippen molar-refractivity contribution in [3.05, 3.63) is 35.6 Å². The van der Waals surface area contributed by atoms with Crippen LogP contribution in [0.3, 0.4) is 0 Å². The molecule has 0 spiro atoms. The molecule has 0 heterocycles. The Kier molecular flexibility index (Phi) is 5.64. The van der Waals surface area contributed by atoms with Crippen molar-refractivity contribution in [3.63, 3.8) is 0 Å². The molecule has 1 atom stereocenters. The predicted molar refractivity (Wildman–Crippen MR) is 67.8 cm³/mol. The number of carbonyl (C=O) groups is 2. The van der Waals surface area contributed by atoms with Crippen molar-refractivity contribution in [2.24, 2.45) is 0 Å². The van der Waals surface area contributed by atoms with Gasteiger partial charge in [-0.15, -0.1) is 0 Å². The molecule has 4 nitrogen and oxygen atoms in total. The average Bonchev–Trinajstić information content (AvgIpc) is 2.27. The Morgan fingerprint density at radius 3 is 2.78 bits per heavy atom. The number of rotatable bonds is 6. The quantitative estimate of drug-likeness (QED) is 0.825. The average molecular weight is 271 g/mol. The Bertz CT molecular complexity index is 439. The molecular weight excluding hydrogens is 257 g/mol. The van der Waals surface area contributed by atoms with Crippen LogP contribution in [0.2, 0.25) is 0 Å². The number of benzene rings is 1. The molecule has 1 aromatic rings. The van der Waals surface area contributed by atoms with Gasteiger partial charge in [0.05, 0.1) is 0 Å². The van der Waals surface area contributed by atoms with Gasteiger partial charge in [-0.25, -0.2) is 9.18 Å². The van der Waals surface area contributed by atoms with E-state index in [1.165, 1.54) is 30.8 Å². The lowest BCUT2D eigenvalue weighted by Gasteiger charge is -2.12. The summed E-state index contributed by atoms with van der Waals surface area (Å²) in [5.74, 6) is -1.03. The molecule has 0 fully saturated rings. The molecule has 0 saturated heterocycles. The zero-order chi connectivity index (χ0) is 13.5. The topological polar surface area (TPSA) is 66.4 Å². The van der Waals surface area contributed by atoms with E-state index in [-0.39, 0.29) is 17.5 Å². The van der Waals surface area contributed by atoms with E-state index in [0.29, 0.717) is 5.75 Å². The third-order valence-electron chi connectivity index (χ3n) is 2.12. The maximum atomic E-state index is 12.9. The van der Waals surface area contributed by atoms with Crippen molar-refractivity contribution in [1.82, 2.24) is 5.32 Å². The molecule has 0 saturated carbocycles. The molecule has 18 heavy (non-hydrogen) atoms. The van der Waals surface area contributed by atoms with Crippen LogP contribution in [0.4, 0.5) is 4.39 Å². The van der Waals surface area contributed by atoms with Crippen LogP contribution in [-0.2, 0) is 15.3 Å². The fourth-order valence-corrected chi connectivity index (χ4v) is 2.34. The summed E-state index contributed by atoms with van der Waals surface area (Å²) in [7, 11) is 0. The summed E-state index contributed by atoms with van der Waals surface area (Å²) in [4.78, 5) is 21.6. The molecule has 0 aromatic heterocycles. The Morgan fingerprint density at radius 1 is 1.50 bits per heavy atom.